The molecule has 120 valence electrons. The highest BCUT2D eigenvalue weighted by Gasteiger charge is 2.31. The highest BCUT2D eigenvalue weighted by atomic mass is 32.2. The summed E-state index contributed by atoms with van der Waals surface area (Å²) in [5.41, 5.74) is 1.64. The zero-order chi connectivity index (χ0) is 16.6. The Morgan fingerprint density at radius 1 is 1.26 bits per heavy atom. The van der Waals surface area contributed by atoms with Crippen molar-refractivity contribution in [3.8, 4) is 0 Å². The fourth-order valence-electron chi connectivity index (χ4n) is 2.78. The third-order valence-corrected chi connectivity index (χ3v) is 5.77. The van der Waals surface area contributed by atoms with Gasteiger partial charge in [0.05, 0.1) is 27.9 Å². The number of rotatable bonds is 2. The number of hydrogen-bond donors (Lipinski definition) is 1. The third kappa shape index (κ3) is 2.96. The molecule has 0 spiro atoms. The lowest BCUT2D eigenvalue weighted by molar-refractivity contribution is 0.0933. The number of benzene rings is 1. The number of nitrogens with one attached hydrogen (secondary N) is 1. The summed E-state index contributed by atoms with van der Waals surface area (Å²) in [5, 5.41) is 2.91. The van der Waals surface area contributed by atoms with Gasteiger partial charge < -0.3 is 5.32 Å². The summed E-state index contributed by atoms with van der Waals surface area (Å²) < 4.78 is 24.3. The van der Waals surface area contributed by atoms with Crippen molar-refractivity contribution in [1.29, 1.82) is 0 Å². The van der Waals surface area contributed by atoms with E-state index in [2.05, 4.69) is 15.3 Å². The fraction of sp³-hybridized carbons (Fsp3) is 0.312. The van der Waals surface area contributed by atoms with E-state index in [0.717, 1.165) is 0 Å². The number of hydrogen-bond acceptors (Lipinski definition) is 5. The lowest BCUT2D eigenvalue weighted by Crippen LogP contribution is -2.34. The van der Waals surface area contributed by atoms with Crippen LogP contribution in [0.3, 0.4) is 0 Å². The molecule has 1 unspecified atom stereocenters. The summed E-state index contributed by atoms with van der Waals surface area (Å²) in [6.07, 6.45) is 1.86. The predicted octanol–water partition coefficient (Wildman–Crippen LogP) is 1.74. The molecule has 0 radical (unpaired) electrons. The Morgan fingerprint density at radius 3 is 2.74 bits per heavy atom. The van der Waals surface area contributed by atoms with E-state index in [9.17, 15) is 13.2 Å². The summed E-state index contributed by atoms with van der Waals surface area (Å²) in [6.45, 7) is 3.51. The second kappa shape index (κ2) is 5.73. The lowest BCUT2D eigenvalue weighted by atomic mass is 10.0. The minimum absolute atomic E-state index is 0.0261. The highest BCUT2D eigenvalue weighted by Crippen LogP contribution is 2.32. The van der Waals surface area contributed by atoms with Gasteiger partial charge in [-0.3, -0.25) is 4.79 Å². The maximum Gasteiger partial charge on any atom is 0.255 e. The van der Waals surface area contributed by atoms with Gasteiger partial charge in [0, 0.05) is 6.20 Å². The Labute approximate surface area is 134 Å². The number of nitrogens with zero attached hydrogens (tertiary/aromatic N) is 2. The maximum absolute atomic E-state index is 12.5. The minimum atomic E-state index is -3.27. The molecule has 23 heavy (non-hydrogen) atoms. The summed E-state index contributed by atoms with van der Waals surface area (Å²) >= 11 is 0. The van der Waals surface area contributed by atoms with Crippen molar-refractivity contribution >= 4 is 15.7 Å². The zero-order valence-corrected chi connectivity index (χ0v) is 13.7. The van der Waals surface area contributed by atoms with Crippen LogP contribution in [-0.4, -0.2) is 30.0 Å². The SMILES string of the molecule is Cc1ncc(C(=O)NC2CCS(=O)(=O)c3ccccc32)c(C)n1. The molecule has 1 aromatic carbocycles. The molecule has 2 aromatic rings. The van der Waals surface area contributed by atoms with Crippen molar-refractivity contribution in [3.63, 3.8) is 0 Å². The second-order valence-corrected chi connectivity index (χ2v) is 7.67. The number of carbonyl (C=O) groups excluding carboxylic acids is 1. The van der Waals surface area contributed by atoms with E-state index in [1.54, 1.807) is 38.1 Å². The third-order valence-electron chi connectivity index (χ3n) is 3.95. The number of sulfone groups is 1. The van der Waals surface area contributed by atoms with Crippen LogP contribution in [0.25, 0.3) is 0 Å². The average Bonchev–Trinajstić information content (AvgIpc) is 2.50. The molecule has 0 bridgehead atoms. The Kier molecular flexibility index (Phi) is 3.89. The molecule has 0 saturated carbocycles. The number of carbonyl (C=O) groups is 1. The summed E-state index contributed by atoms with van der Waals surface area (Å²) in [6, 6.07) is 6.47. The first kappa shape index (κ1) is 15.6. The Morgan fingerprint density at radius 2 is 2.00 bits per heavy atom. The van der Waals surface area contributed by atoms with Gasteiger partial charge in [0.1, 0.15) is 5.82 Å². The van der Waals surface area contributed by atoms with Gasteiger partial charge in [-0.15, -0.1) is 0 Å². The van der Waals surface area contributed by atoms with Crippen LogP contribution in [0.1, 0.15) is 39.9 Å². The first-order chi connectivity index (χ1) is 10.9. The van der Waals surface area contributed by atoms with Crippen molar-refractivity contribution in [3.05, 3.63) is 53.1 Å². The lowest BCUT2D eigenvalue weighted by Gasteiger charge is -2.26. The summed E-state index contributed by atoms with van der Waals surface area (Å²) in [4.78, 5) is 21.0. The van der Waals surface area contributed by atoms with Gasteiger partial charge in [-0.1, -0.05) is 18.2 Å². The van der Waals surface area contributed by atoms with Gasteiger partial charge in [-0.2, -0.15) is 0 Å². The number of aryl methyl sites for hydroxylation is 2. The molecule has 3 rings (SSSR count). The van der Waals surface area contributed by atoms with Crippen LogP contribution in [0.5, 0.6) is 0 Å². The van der Waals surface area contributed by atoms with Crippen LogP contribution in [0.2, 0.25) is 0 Å². The van der Waals surface area contributed by atoms with Crippen LogP contribution in [0.4, 0.5) is 0 Å². The molecule has 1 aromatic heterocycles. The Bertz CT molecular complexity index is 878. The molecule has 1 aliphatic heterocycles. The van der Waals surface area contributed by atoms with Crippen molar-refractivity contribution in [2.75, 3.05) is 5.75 Å². The number of fused-ring (bicyclic) bond motifs is 1. The highest BCUT2D eigenvalue weighted by molar-refractivity contribution is 7.91. The van der Waals surface area contributed by atoms with E-state index in [1.165, 1.54) is 6.20 Å². The number of aromatic nitrogens is 2. The van der Waals surface area contributed by atoms with E-state index in [0.29, 0.717) is 34.0 Å². The monoisotopic (exact) mass is 331 g/mol. The standard InChI is InChI=1S/C16H17N3O3S/c1-10-13(9-17-11(2)18-10)16(20)19-14-7-8-23(21,22)15-6-4-3-5-12(14)15/h3-6,9,14H,7-8H2,1-2H3,(H,19,20). The van der Waals surface area contributed by atoms with E-state index in [4.69, 9.17) is 0 Å². The van der Waals surface area contributed by atoms with Crippen LogP contribution in [-0.2, 0) is 9.84 Å². The van der Waals surface area contributed by atoms with Gasteiger partial charge in [0.25, 0.3) is 5.91 Å². The smallest absolute Gasteiger partial charge is 0.255 e. The molecule has 1 amide bonds. The minimum Gasteiger partial charge on any atom is -0.345 e. The molecule has 1 atom stereocenters. The Hall–Kier alpha value is -2.28. The van der Waals surface area contributed by atoms with Gasteiger partial charge >= 0.3 is 0 Å². The zero-order valence-electron chi connectivity index (χ0n) is 12.9. The molecular formula is C16H17N3O3S. The van der Waals surface area contributed by atoms with Crippen LogP contribution < -0.4 is 5.32 Å². The number of amides is 1. The van der Waals surface area contributed by atoms with Gasteiger partial charge in [-0.05, 0) is 31.9 Å². The van der Waals surface area contributed by atoms with E-state index >= 15 is 0 Å². The molecule has 6 nitrogen and oxygen atoms in total. The molecule has 7 heteroatoms. The van der Waals surface area contributed by atoms with Crippen LogP contribution >= 0.6 is 0 Å². The Balaban J connectivity index is 1.90. The van der Waals surface area contributed by atoms with Crippen molar-refractivity contribution in [1.82, 2.24) is 15.3 Å². The van der Waals surface area contributed by atoms with E-state index in [-0.39, 0.29) is 17.7 Å². The van der Waals surface area contributed by atoms with Gasteiger partial charge in [0.2, 0.25) is 0 Å². The molecule has 0 fully saturated rings. The quantitative estimate of drug-likeness (QED) is 0.905. The summed E-state index contributed by atoms with van der Waals surface area (Å²) in [5.74, 6) is 0.341. The molecule has 1 N–H and O–H groups in total. The fourth-order valence-corrected chi connectivity index (χ4v) is 4.40. The van der Waals surface area contributed by atoms with E-state index in [1.807, 2.05) is 0 Å². The van der Waals surface area contributed by atoms with Crippen molar-refractivity contribution in [2.45, 2.75) is 31.2 Å². The van der Waals surface area contributed by atoms with Gasteiger partial charge in [0.15, 0.2) is 9.84 Å². The van der Waals surface area contributed by atoms with Gasteiger partial charge in [-0.25, -0.2) is 18.4 Å². The maximum atomic E-state index is 12.5. The first-order valence-corrected chi connectivity index (χ1v) is 8.96. The van der Waals surface area contributed by atoms with E-state index < -0.39 is 9.84 Å². The predicted molar refractivity (Wildman–Crippen MR) is 84.8 cm³/mol. The molecule has 0 saturated heterocycles. The second-order valence-electron chi connectivity index (χ2n) is 5.59. The van der Waals surface area contributed by atoms with Crippen LogP contribution in [0, 0.1) is 13.8 Å². The van der Waals surface area contributed by atoms with Crippen molar-refractivity contribution < 1.29 is 13.2 Å². The first-order valence-electron chi connectivity index (χ1n) is 7.31. The molecule has 0 aliphatic carbocycles. The topological polar surface area (TPSA) is 89.0 Å². The molecular weight excluding hydrogens is 314 g/mol. The largest absolute Gasteiger partial charge is 0.345 e. The van der Waals surface area contributed by atoms with Crippen molar-refractivity contribution in [2.24, 2.45) is 0 Å². The molecule has 2 heterocycles. The average molecular weight is 331 g/mol. The normalized spacial score (nSPS) is 19.0. The molecule has 1 aliphatic rings. The summed E-state index contributed by atoms with van der Waals surface area (Å²) in [7, 11) is -3.27. The van der Waals surface area contributed by atoms with Crippen LogP contribution in [0.15, 0.2) is 35.4 Å².